The topological polar surface area (TPSA) is 34.2 Å². The Kier molecular flexibility index (Phi) is 5.42. The average molecular weight is 254 g/mol. The smallest absolute Gasteiger partial charge is 0.0940 e. The maximum Gasteiger partial charge on any atom is 0.0940 e. The Morgan fingerprint density at radius 1 is 1.65 bits per heavy atom. The van der Waals surface area contributed by atoms with Crippen LogP contribution in [-0.4, -0.2) is 30.3 Å². The van der Waals surface area contributed by atoms with E-state index < -0.39 is 0 Å². The zero-order valence-electron chi connectivity index (χ0n) is 10.5. The summed E-state index contributed by atoms with van der Waals surface area (Å²) in [5.74, 6) is 0. The molecule has 2 rings (SSSR count). The Morgan fingerprint density at radius 3 is 3.24 bits per heavy atom. The lowest BCUT2D eigenvalue weighted by molar-refractivity contribution is 0.0946. The molecule has 1 N–H and O–H groups in total. The van der Waals surface area contributed by atoms with Gasteiger partial charge in [0, 0.05) is 30.6 Å². The Labute approximate surface area is 108 Å². The normalized spacial score (nSPS) is 21.8. The van der Waals surface area contributed by atoms with Crippen LogP contribution in [0.1, 0.15) is 37.6 Å². The van der Waals surface area contributed by atoms with Crippen molar-refractivity contribution in [2.24, 2.45) is 0 Å². The summed E-state index contributed by atoms with van der Waals surface area (Å²) in [6, 6.07) is 0.518. The van der Waals surface area contributed by atoms with E-state index >= 15 is 0 Å². The summed E-state index contributed by atoms with van der Waals surface area (Å²) >= 11 is 1.75. The molecule has 96 valence electrons. The molecule has 1 fully saturated rings. The number of rotatable bonds is 7. The Bertz CT molecular complexity index is 296. The maximum absolute atomic E-state index is 5.73. The van der Waals surface area contributed by atoms with Crippen molar-refractivity contribution in [1.29, 1.82) is 0 Å². The summed E-state index contributed by atoms with van der Waals surface area (Å²) in [7, 11) is 0. The Hall–Kier alpha value is -0.450. The van der Waals surface area contributed by atoms with Crippen LogP contribution in [0.5, 0.6) is 0 Å². The molecule has 17 heavy (non-hydrogen) atoms. The molecule has 3 nitrogen and oxygen atoms in total. The molecule has 1 aliphatic rings. The highest BCUT2D eigenvalue weighted by molar-refractivity contribution is 7.09. The third-order valence-corrected chi connectivity index (χ3v) is 3.96. The molecule has 1 aromatic rings. The highest BCUT2D eigenvalue weighted by atomic mass is 32.1. The fourth-order valence-corrected chi connectivity index (χ4v) is 3.00. The fourth-order valence-electron chi connectivity index (χ4n) is 2.30. The zero-order valence-corrected chi connectivity index (χ0v) is 11.3. The molecule has 0 amide bonds. The van der Waals surface area contributed by atoms with E-state index in [4.69, 9.17) is 4.74 Å². The number of aromatic nitrogens is 1. The molecule has 4 heteroatoms. The maximum atomic E-state index is 5.73. The molecule has 1 aromatic heterocycles. The minimum Gasteiger partial charge on any atom is -0.378 e. The van der Waals surface area contributed by atoms with E-state index in [1.165, 1.54) is 24.3 Å². The Morgan fingerprint density at radius 2 is 2.59 bits per heavy atom. The molecule has 2 heterocycles. The fraction of sp³-hybridized carbons (Fsp3) is 0.769. The molecule has 0 spiro atoms. The lowest BCUT2D eigenvalue weighted by Gasteiger charge is -2.20. The zero-order chi connectivity index (χ0) is 11.9. The predicted octanol–water partition coefficient (Wildman–Crippen LogP) is 2.62. The van der Waals surface area contributed by atoms with E-state index in [0.717, 1.165) is 26.0 Å². The second-order valence-electron chi connectivity index (χ2n) is 4.65. The van der Waals surface area contributed by atoms with E-state index in [2.05, 4.69) is 22.6 Å². The number of thiazole rings is 1. The standard InChI is InChI=1S/C13H22N2OS/c1-2-5-14-11(9-12-4-3-7-16-12)10-13-15-6-8-17-13/h6,8,11-12,14H,2-5,7,9-10H2,1H3. The number of nitrogens with one attached hydrogen (secondary N) is 1. The first-order valence-corrected chi connectivity index (χ1v) is 7.49. The number of nitrogens with zero attached hydrogens (tertiary/aromatic N) is 1. The molecular formula is C13H22N2OS. The molecule has 0 aliphatic carbocycles. The van der Waals surface area contributed by atoms with Crippen molar-refractivity contribution in [2.45, 2.75) is 51.2 Å². The first-order valence-electron chi connectivity index (χ1n) is 6.62. The lowest BCUT2D eigenvalue weighted by Crippen LogP contribution is -2.35. The van der Waals surface area contributed by atoms with E-state index in [1.54, 1.807) is 11.3 Å². The van der Waals surface area contributed by atoms with Gasteiger partial charge >= 0.3 is 0 Å². The molecule has 1 aliphatic heterocycles. The van der Waals surface area contributed by atoms with Gasteiger partial charge in [0.25, 0.3) is 0 Å². The minimum absolute atomic E-state index is 0.462. The highest BCUT2D eigenvalue weighted by Gasteiger charge is 2.21. The lowest BCUT2D eigenvalue weighted by atomic mass is 10.0. The van der Waals surface area contributed by atoms with Gasteiger partial charge in [0.1, 0.15) is 0 Å². The van der Waals surface area contributed by atoms with Crippen LogP contribution < -0.4 is 5.32 Å². The monoisotopic (exact) mass is 254 g/mol. The number of hydrogen-bond acceptors (Lipinski definition) is 4. The second-order valence-corrected chi connectivity index (χ2v) is 5.63. The molecule has 0 aromatic carbocycles. The summed E-state index contributed by atoms with van der Waals surface area (Å²) in [6.07, 6.45) is 8.15. The third kappa shape index (κ3) is 4.37. The molecule has 2 atom stereocenters. The molecule has 1 saturated heterocycles. The van der Waals surface area contributed by atoms with Crippen LogP contribution in [-0.2, 0) is 11.2 Å². The number of hydrogen-bond donors (Lipinski definition) is 1. The van der Waals surface area contributed by atoms with Gasteiger partial charge in [-0.05, 0) is 32.2 Å². The van der Waals surface area contributed by atoms with Gasteiger partial charge in [-0.2, -0.15) is 0 Å². The van der Waals surface area contributed by atoms with Gasteiger partial charge in [0.2, 0.25) is 0 Å². The van der Waals surface area contributed by atoms with Crippen LogP contribution in [0.15, 0.2) is 11.6 Å². The first kappa shape index (κ1) is 13.0. The SMILES string of the molecule is CCCNC(Cc1nccs1)CC1CCCO1. The third-order valence-electron chi connectivity index (χ3n) is 3.16. The van der Waals surface area contributed by atoms with E-state index in [-0.39, 0.29) is 0 Å². The van der Waals surface area contributed by atoms with Gasteiger partial charge in [-0.25, -0.2) is 4.98 Å². The van der Waals surface area contributed by atoms with Crippen molar-refractivity contribution in [3.05, 3.63) is 16.6 Å². The van der Waals surface area contributed by atoms with Crippen molar-refractivity contribution in [2.75, 3.05) is 13.2 Å². The van der Waals surface area contributed by atoms with Crippen molar-refractivity contribution >= 4 is 11.3 Å². The van der Waals surface area contributed by atoms with E-state index in [9.17, 15) is 0 Å². The van der Waals surface area contributed by atoms with Crippen molar-refractivity contribution in [1.82, 2.24) is 10.3 Å². The van der Waals surface area contributed by atoms with Crippen LogP contribution in [0.2, 0.25) is 0 Å². The summed E-state index contributed by atoms with van der Waals surface area (Å²) < 4.78 is 5.73. The summed E-state index contributed by atoms with van der Waals surface area (Å²) in [6.45, 7) is 4.24. The van der Waals surface area contributed by atoms with Crippen LogP contribution in [0.3, 0.4) is 0 Å². The quantitative estimate of drug-likeness (QED) is 0.812. The second kappa shape index (κ2) is 7.09. The summed E-state index contributed by atoms with van der Waals surface area (Å²) in [5, 5.41) is 6.91. The van der Waals surface area contributed by atoms with Crippen LogP contribution in [0, 0.1) is 0 Å². The summed E-state index contributed by atoms with van der Waals surface area (Å²) in [4.78, 5) is 4.38. The van der Waals surface area contributed by atoms with Crippen LogP contribution in [0.25, 0.3) is 0 Å². The van der Waals surface area contributed by atoms with Gasteiger partial charge < -0.3 is 10.1 Å². The van der Waals surface area contributed by atoms with Gasteiger partial charge in [-0.3, -0.25) is 0 Å². The van der Waals surface area contributed by atoms with Crippen molar-refractivity contribution < 1.29 is 4.74 Å². The predicted molar refractivity (Wildman–Crippen MR) is 71.5 cm³/mol. The van der Waals surface area contributed by atoms with Crippen molar-refractivity contribution in [3.63, 3.8) is 0 Å². The molecule has 0 bridgehead atoms. The van der Waals surface area contributed by atoms with Gasteiger partial charge in [0.05, 0.1) is 11.1 Å². The van der Waals surface area contributed by atoms with Crippen LogP contribution >= 0.6 is 11.3 Å². The largest absolute Gasteiger partial charge is 0.378 e. The van der Waals surface area contributed by atoms with E-state index in [1.807, 2.05) is 6.20 Å². The van der Waals surface area contributed by atoms with Crippen molar-refractivity contribution in [3.8, 4) is 0 Å². The molecule has 0 radical (unpaired) electrons. The molecular weight excluding hydrogens is 232 g/mol. The minimum atomic E-state index is 0.462. The summed E-state index contributed by atoms with van der Waals surface area (Å²) in [5.41, 5.74) is 0. The molecule has 2 unspecified atom stereocenters. The first-order chi connectivity index (χ1) is 8.38. The number of ether oxygens (including phenoxy) is 1. The Balaban J connectivity index is 1.83. The van der Waals surface area contributed by atoms with Gasteiger partial charge in [-0.1, -0.05) is 6.92 Å². The van der Waals surface area contributed by atoms with Gasteiger partial charge in [0.15, 0.2) is 0 Å². The average Bonchev–Trinajstić information content (AvgIpc) is 2.99. The van der Waals surface area contributed by atoms with E-state index in [0.29, 0.717) is 12.1 Å². The van der Waals surface area contributed by atoms with Gasteiger partial charge in [-0.15, -0.1) is 11.3 Å². The van der Waals surface area contributed by atoms with Crippen LogP contribution in [0.4, 0.5) is 0 Å². The highest BCUT2D eigenvalue weighted by Crippen LogP contribution is 2.19. The molecule has 0 saturated carbocycles.